The molecule has 1 saturated heterocycles. The Morgan fingerprint density at radius 3 is 2.35 bits per heavy atom. The SMILES string of the molecule is Cc1ccc(S(=O)(=O)OC[C@H]2OC(OCCCO)[C@H](C)[C@@H](C)[C@@H]2C)cc1. The van der Waals surface area contributed by atoms with Crippen LogP contribution in [-0.4, -0.2) is 45.7 Å². The summed E-state index contributed by atoms with van der Waals surface area (Å²) in [5, 5.41) is 8.90. The van der Waals surface area contributed by atoms with Gasteiger partial charge in [0, 0.05) is 12.5 Å². The number of rotatable bonds is 8. The van der Waals surface area contributed by atoms with Gasteiger partial charge in [-0.3, -0.25) is 4.18 Å². The quantitative estimate of drug-likeness (QED) is 0.546. The molecular formula is C19H30O6S. The normalized spacial score (nSPS) is 29.7. The molecule has 1 fully saturated rings. The molecule has 6 nitrogen and oxygen atoms in total. The molecule has 5 atom stereocenters. The fourth-order valence-electron chi connectivity index (χ4n) is 3.06. The molecule has 148 valence electrons. The fourth-order valence-corrected chi connectivity index (χ4v) is 3.98. The van der Waals surface area contributed by atoms with E-state index in [1.807, 2.05) is 13.8 Å². The highest BCUT2D eigenvalue weighted by Gasteiger charge is 2.40. The second-order valence-electron chi connectivity index (χ2n) is 7.12. The zero-order chi connectivity index (χ0) is 19.3. The predicted octanol–water partition coefficient (Wildman–Crippen LogP) is 2.73. The van der Waals surface area contributed by atoms with E-state index in [0.717, 1.165) is 5.56 Å². The van der Waals surface area contributed by atoms with Crippen molar-refractivity contribution in [2.75, 3.05) is 19.8 Å². The second kappa shape index (κ2) is 9.28. The van der Waals surface area contributed by atoms with Gasteiger partial charge in [0.05, 0.1) is 24.2 Å². The summed E-state index contributed by atoms with van der Waals surface area (Å²) in [5.74, 6) is 0.600. The number of aliphatic hydroxyl groups excluding tert-OH is 1. The lowest BCUT2D eigenvalue weighted by Crippen LogP contribution is -2.48. The summed E-state index contributed by atoms with van der Waals surface area (Å²) in [5.41, 5.74) is 0.985. The number of aliphatic hydroxyl groups is 1. The molecule has 1 aliphatic heterocycles. The van der Waals surface area contributed by atoms with Crippen LogP contribution in [0.4, 0.5) is 0 Å². The molecule has 0 bridgehead atoms. The summed E-state index contributed by atoms with van der Waals surface area (Å²) in [7, 11) is -3.82. The molecule has 0 radical (unpaired) electrons. The molecule has 1 aromatic rings. The van der Waals surface area contributed by atoms with Crippen LogP contribution < -0.4 is 0 Å². The van der Waals surface area contributed by atoms with Crippen LogP contribution in [0, 0.1) is 24.7 Å². The molecule has 1 unspecified atom stereocenters. The zero-order valence-electron chi connectivity index (χ0n) is 15.9. The fraction of sp³-hybridized carbons (Fsp3) is 0.684. The van der Waals surface area contributed by atoms with Crippen molar-refractivity contribution in [3.63, 3.8) is 0 Å². The molecule has 0 saturated carbocycles. The molecular weight excluding hydrogens is 356 g/mol. The van der Waals surface area contributed by atoms with Gasteiger partial charge in [0.15, 0.2) is 6.29 Å². The van der Waals surface area contributed by atoms with E-state index in [9.17, 15) is 8.42 Å². The predicted molar refractivity (Wildman–Crippen MR) is 98.1 cm³/mol. The first kappa shape index (κ1) is 21.3. The third-order valence-corrected chi connectivity index (χ3v) is 6.56. The maximum absolute atomic E-state index is 12.4. The van der Waals surface area contributed by atoms with E-state index in [1.165, 1.54) is 0 Å². The molecule has 2 rings (SSSR count). The summed E-state index contributed by atoms with van der Waals surface area (Å²) in [6.07, 6.45) is -0.261. The van der Waals surface area contributed by atoms with Gasteiger partial charge in [-0.2, -0.15) is 8.42 Å². The van der Waals surface area contributed by atoms with Crippen LogP contribution in [0.15, 0.2) is 29.2 Å². The van der Waals surface area contributed by atoms with Crippen molar-refractivity contribution < 1.29 is 27.2 Å². The summed E-state index contributed by atoms with van der Waals surface area (Å²) in [6.45, 7) is 8.53. The van der Waals surface area contributed by atoms with Crippen molar-refractivity contribution in [3.8, 4) is 0 Å². The van der Waals surface area contributed by atoms with Gasteiger partial charge in [0.2, 0.25) is 0 Å². The van der Waals surface area contributed by atoms with Crippen LogP contribution in [0.2, 0.25) is 0 Å². The van der Waals surface area contributed by atoms with E-state index in [1.54, 1.807) is 24.3 Å². The molecule has 0 amide bonds. The van der Waals surface area contributed by atoms with Gasteiger partial charge in [0.25, 0.3) is 10.1 Å². The van der Waals surface area contributed by atoms with Crippen LogP contribution in [-0.2, 0) is 23.8 Å². The highest BCUT2D eigenvalue weighted by atomic mass is 32.2. The third kappa shape index (κ3) is 5.27. The lowest BCUT2D eigenvalue weighted by atomic mass is 9.79. The minimum absolute atomic E-state index is 0.0473. The summed E-state index contributed by atoms with van der Waals surface area (Å²) < 4.78 is 41.8. The molecule has 1 aromatic carbocycles. The first-order valence-electron chi connectivity index (χ1n) is 9.10. The van der Waals surface area contributed by atoms with Gasteiger partial charge in [-0.05, 0) is 37.3 Å². The molecule has 26 heavy (non-hydrogen) atoms. The van der Waals surface area contributed by atoms with Crippen LogP contribution in [0.1, 0.15) is 32.8 Å². The molecule has 0 aromatic heterocycles. The average Bonchev–Trinajstić information content (AvgIpc) is 2.61. The van der Waals surface area contributed by atoms with Gasteiger partial charge in [-0.25, -0.2) is 0 Å². The Labute approximate surface area is 156 Å². The van der Waals surface area contributed by atoms with Gasteiger partial charge in [-0.15, -0.1) is 0 Å². The van der Waals surface area contributed by atoms with E-state index in [0.29, 0.717) is 18.9 Å². The Bertz CT molecular complexity index is 657. The Morgan fingerprint density at radius 1 is 1.08 bits per heavy atom. The maximum Gasteiger partial charge on any atom is 0.297 e. The molecule has 0 spiro atoms. The average molecular weight is 387 g/mol. The van der Waals surface area contributed by atoms with Crippen molar-refractivity contribution >= 4 is 10.1 Å². The van der Waals surface area contributed by atoms with Crippen LogP contribution in [0.3, 0.4) is 0 Å². The van der Waals surface area contributed by atoms with Crippen molar-refractivity contribution in [2.45, 2.75) is 51.4 Å². The highest BCUT2D eigenvalue weighted by Crippen LogP contribution is 2.36. The Hall–Kier alpha value is -0.990. The van der Waals surface area contributed by atoms with Crippen molar-refractivity contribution in [3.05, 3.63) is 29.8 Å². The minimum atomic E-state index is -3.82. The van der Waals surface area contributed by atoms with Crippen molar-refractivity contribution in [1.82, 2.24) is 0 Å². The number of aryl methyl sites for hydroxylation is 1. The Kier molecular flexibility index (Phi) is 7.61. The van der Waals surface area contributed by atoms with E-state index in [-0.39, 0.29) is 36.0 Å². The minimum Gasteiger partial charge on any atom is -0.396 e. The standard InChI is InChI=1S/C19H30O6S/c1-13-6-8-17(9-7-13)26(21,22)24-12-18-15(3)14(2)16(4)19(25-18)23-11-5-10-20/h6-9,14-16,18-20H,5,10-12H2,1-4H3/t14-,15-,16+,18+,19?/m0/s1. The van der Waals surface area contributed by atoms with Gasteiger partial charge < -0.3 is 14.6 Å². The van der Waals surface area contributed by atoms with E-state index in [2.05, 4.69) is 13.8 Å². The second-order valence-corrected chi connectivity index (χ2v) is 8.74. The lowest BCUT2D eigenvalue weighted by molar-refractivity contribution is -0.252. The molecule has 0 aliphatic carbocycles. The largest absolute Gasteiger partial charge is 0.396 e. The smallest absolute Gasteiger partial charge is 0.297 e. The van der Waals surface area contributed by atoms with Crippen LogP contribution >= 0.6 is 0 Å². The monoisotopic (exact) mass is 386 g/mol. The lowest BCUT2D eigenvalue weighted by Gasteiger charge is -2.43. The van der Waals surface area contributed by atoms with Crippen LogP contribution in [0.25, 0.3) is 0 Å². The Balaban J connectivity index is 2.01. The van der Waals surface area contributed by atoms with Crippen molar-refractivity contribution in [2.24, 2.45) is 17.8 Å². The zero-order valence-corrected chi connectivity index (χ0v) is 16.7. The van der Waals surface area contributed by atoms with E-state index in [4.69, 9.17) is 18.8 Å². The van der Waals surface area contributed by atoms with E-state index < -0.39 is 16.4 Å². The highest BCUT2D eigenvalue weighted by molar-refractivity contribution is 7.86. The number of hydrogen-bond donors (Lipinski definition) is 1. The third-order valence-electron chi connectivity index (χ3n) is 5.27. The number of hydrogen-bond acceptors (Lipinski definition) is 6. The number of ether oxygens (including phenoxy) is 2. The first-order valence-corrected chi connectivity index (χ1v) is 10.5. The first-order chi connectivity index (χ1) is 12.3. The van der Waals surface area contributed by atoms with Crippen molar-refractivity contribution in [1.29, 1.82) is 0 Å². The molecule has 1 heterocycles. The molecule has 7 heteroatoms. The number of benzene rings is 1. The molecule has 1 N–H and O–H groups in total. The van der Waals surface area contributed by atoms with Gasteiger partial charge in [0.1, 0.15) is 0 Å². The van der Waals surface area contributed by atoms with Gasteiger partial charge in [-0.1, -0.05) is 38.5 Å². The van der Waals surface area contributed by atoms with E-state index >= 15 is 0 Å². The topological polar surface area (TPSA) is 82.1 Å². The van der Waals surface area contributed by atoms with Crippen LogP contribution in [0.5, 0.6) is 0 Å². The Morgan fingerprint density at radius 2 is 1.73 bits per heavy atom. The maximum atomic E-state index is 12.4. The summed E-state index contributed by atoms with van der Waals surface area (Å²) in [4.78, 5) is 0.142. The molecule has 1 aliphatic rings. The van der Waals surface area contributed by atoms with Gasteiger partial charge >= 0.3 is 0 Å². The summed E-state index contributed by atoms with van der Waals surface area (Å²) in [6, 6.07) is 6.57. The summed E-state index contributed by atoms with van der Waals surface area (Å²) >= 11 is 0.